The van der Waals surface area contributed by atoms with Crippen LogP contribution in [0.25, 0.3) is 17.4 Å². The van der Waals surface area contributed by atoms with E-state index in [0.717, 1.165) is 15.7 Å². The van der Waals surface area contributed by atoms with Gasteiger partial charge in [0.25, 0.3) is 0 Å². The zero-order valence-electron chi connectivity index (χ0n) is 14.8. The number of benzene rings is 2. The molecule has 0 saturated heterocycles. The molecule has 1 aliphatic rings. The highest BCUT2D eigenvalue weighted by molar-refractivity contribution is 14.1. The summed E-state index contributed by atoms with van der Waals surface area (Å²) in [6, 6.07) is 13.0. The third-order valence-corrected chi connectivity index (χ3v) is 5.16. The molecule has 152 valence electrons. The van der Waals surface area contributed by atoms with Gasteiger partial charge in [0.1, 0.15) is 11.5 Å². The smallest absolute Gasteiger partial charge is 0.416 e. The molecule has 0 amide bonds. The van der Waals surface area contributed by atoms with Gasteiger partial charge in [0.05, 0.1) is 16.1 Å². The van der Waals surface area contributed by atoms with E-state index in [-0.39, 0.29) is 28.7 Å². The van der Waals surface area contributed by atoms with Gasteiger partial charge in [0, 0.05) is 15.2 Å². The fourth-order valence-electron chi connectivity index (χ4n) is 2.75. The van der Waals surface area contributed by atoms with Crippen molar-refractivity contribution in [2.24, 2.45) is 4.99 Å². The summed E-state index contributed by atoms with van der Waals surface area (Å²) in [4.78, 5) is 16.3. The van der Waals surface area contributed by atoms with E-state index in [1.54, 1.807) is 18.2 Å². The van der Waals surface area contributed by atoms with Crippen LogP contribution in [0.3, 0.4) is 0 Å². The number of carbonyl (C=O) groups excluding carboxylic acids is 1. The summed E-state index contributed by atoms with van der Waals surface area (Å²) in [6.07, 6.45) is -3.10. The molecule has 0 aliphatic carbocycles. The van der Waals surface area contributed by atoms with E-state index in [4.69, 9.17) is 20.8 Å². The molecule has 0 radical (unpaired) electrons. The van der Waals surface area contributed by atoms with E-state index in [1.807, 2.05) is 0 Å². The number of rotatable bonds is 3. The van der Waals surface area contributed by atoms with Gasteiger partial charge in [-0.15, -0.1) is 0 Å². The van der Waals surface area contributed by atoms with E-state index in [9.17, 15) is 18.0 Å². The number of furan rings is 1. The number of alkyl halides is 3. The number of nitrogens with zero attached hydrogens (tertiary/aromatic N) is 1. The van der Waals surface area contributed by atoms with E-state index < -0.39 is 17.7 Å². The molecule has 0 unspecified atom stereocenters. The second kappa shape index (κ2) is 7.92. The third kappa shape index (κ3) is 4.29. The van der Waals surface area contributed by atoms with Crippen LogP contribution in [-0.2, 0) is 15.7 Å². The maximum atomic E-state index is 12.9. The Bertz CT molecular complexity index is 1210. The largest absolute Gasteiger partial charge is 0.457 e. The summed E-state index contributed by atoms with van der Waals surface area (Å²) in [6.45, 7) is 0. The molecule has 0 N–H and O–H groups in total. The van der Waals surface area contributed by atoms with Gasteiger partial charge in [-0.1, -0.05) is 23.7 Å². The summed E-state index contributed by atoms with van der Waals surface area (Å²) < 4.78 is 50.4. The molecule has 2 heterocycles. The molecule has 9 heteroatoms. The highest BCUT2D eigenvalue weighted by Gasteiger charge is 2.31. The van der Waals surface area contributed by atoms with Crippen molar-refractivity contribution in [1.29, 1.82) is 0 Å². The molecule has 2 aromatic carbocycles. The minimum atomic E-state index is -4.46. The quantitative estimate of drug-likeness (QED) is 0.213. The van der Waals surface area contributed by atoms with Crippen LogP contribution in [0.1, 0.15) is 16.9 Å². The average molecular weight is 544 g/mol. The molecule has 0 fully saturated rings. The van der Waals surface area contributed by atoms with Gasteiger partial charge in [0.15, 0.2) is 5.70 Å². The molecule has 0 bridgehead atoms. The first kappa shape index (κ1) is 20.7. The van der Waals surface area contributed by atoms with Crippen LogP contribution in [0.5, 0.6) is 0 Å². The van der Waals surface area contributed by atoms with Crippen molar-refractivity contribution in [3.05, 3.63) is 85.8 Å². The summed E-state index contributed by atoms with van der Waals surface area (Å²) in [7, 11) is 0. The maximum absolute atomic E-state index is 12.9. The number of ether oxygens (including phenoxy) is 1. The molecule has 3 aromatic rings. The minimum Gasteiger partial charge on any atom is -0.457 e. The second-order valence-electron chi connectivity index (χ2n) is 6.24. The average Bonchev–Trinajstić information content (AvgIpc) is 3.30. The highest BCUT2D eigenvalue weighted by Crippen LogP contribution is 2.33. The standard InChI is InChI=1S/C21H10ClF3INO3/c22-16-6-4-13(26)9-15(16)19-27-17(20(28)30-19)10-14-5-7-18(29-14)11-2-1-3-12(8-11)21(23,24)25/h1-10H/b17-10-. The number of carbonyl (C=O) groups is 1. The van der Waals surface area contributed by atoms with E-state index >= 15 is 0 Å². The lowest BCUT2D eigenvalue weighted by Crippen LogP contribution is -2.06. The summed E-state index contributed by atoms with van der Waals surface area (Å²) >= 11 is 8.25. The van der Waals surface area contributed by atoms with Crippen LogP contribution in [0.4, 0.5) is 13.2 Å². The van der Waals surface area contributed by atoms with Crippen LogP contribution < -0.4 is 0 Å². The van der Waals surface area contributed by atoms with E-state index in [2.05, 4.69) is 27.6 Å². The second-order valence-corrected chi connectivity index (χ2v) is 7.89. The number of hydrogen-bond donors (Lipinski definition) is 0. The number of esters is 1. The molecule has 0 saturated carbocycles. The first-order chi connectivity index (χ1) is 14.2. The van der Waals surface area contributed by atoms with Gasteiger partial charge in [0.2, 0.25) is 5.90 Å². The van der Waals surface area contributed by atoms with E-state index in [1.165, 1.54) is 30.3 Å². The third-order valence-electron chi connectivity index (χ3n) is 4.16. The maximum Gasteiger partial charge on any atom is 0.416 e. The Morgan fingerprint density at radius 3 is 2.63 bits per heavy atom. The Morgan fingerprint density at radius 1 is 1.07 bits per heavy atom. The van der Waals surface area contributed by atoms with Crippen molar-refractivity contribution < 1.29 is 27.1 Å². The predicted octanol–water partition coefficient (Wildman–Crippen LogP) is 6.57. The summed E-state index contributed by atoms with van der Waals surface area (Å²) in [5.74, 6) is -0.145. The highest BCUT2D eigenvalue weighted by atomic mass is 127. The van der Waals surface area contributed by atoms with Gasteiger partial charge in [-0.05, 0) is 65.1 Å². The van der Waals surface area contributed by atoms with Crippen LogP contribution >= 0.6 is 34.2 Å². The van der Waals surface area contributed by atoms with Crippen molar-refractivity contribution in [2.45, 2.75) is 6.18 Å². The molecular weight excluding hydrogens is 534 g/mol. The zero-order chi connectivity index (χ0) is 21.5. The predicted molar refractivity (Wildman–Crippen MR) is 114 cm³/mol. The lowest BCUT2D eigenvalue weighted by atomic mass is 10.1. The Kier molecular flexibility index (Phi) is 5.46. The van der Waals surface area contributed by atoms with Crippen molar-refractivity contribution in [2.75, 3.05) is 0 Å². The molecule has 4 rings (SSSR count). The van der Waals surface area contributed by atoms with Gasteiger partial charge in [-0.2, -0.15) is 13.2 Å². The fraction of sp³-hybridized carbons (Fsp3) is 0.0476. The van der Waals surface area contributed by atoms with Crippen molar-refractivity contribution in [3.8, 4) is 11.3 Å². The van der Waals surface area contributed by atoms with Gasteiger partial charge >= 0.3 is 12.1 Å². The topological polar surface area (TPSA) is 51.8 Å². The monoisotopic (exact) mass is 543 g/mol. The fourth-order valence-corrected chi connectivity index (χ4v) is 3.44. The lowest BCUT2D eigenvalue weighted by molar-refractivity contribution is -0.137. The number of hydrogen-bond acceptors (Lipinski definition) is 4. The molecule has 0 spiro atoms. The van der Waals surface area contributed by atoms with E-state index in [0.29, 0.717) is 10.6 Å². The summed E-state index contributed by atoms with van der Waals surface area (Å²) in [5, 5.41) is 0.382. The van der Waals surface area contributed by atoms with Gasteiger partial charge < -0.3 is 9.15 Å². The Labute approximate surface area is 187 Å². The van der Waals surface area contributed by atoms with Crippen LogP contribution in [0.2, 0.25) is 5.02 Å². The van der Waals surface area contributed by atoms with Crippen molar-refractivity contribution in [3.63, 3.8) is 0 Å². The Morgan fingerprint density at radius 2 is 1.87 bits per heavy atom. The Balaban J connectivity index is 1.64. The lowest BCUT2D eigenvalue weighted by Gasteiger charge is -2.07. The number of halogens is 5. The number of aliphatic imine (C=N–C) groups is 1. The van der Waals surface area contributed by atoms with Gasteiger partial charge in [-0.25, -0.2) is 9.79 Å². The first-order valence-corrected chi connectivity index (χ1v) is 9.92. The van der Waals surface area contributed by atoms with Crippen molar-refractivity contribution in [1.82, 2.24) is 0 Å². The minimum absolute atomic E-state index is 0.00938. The van der Waals surface area contributed by atoms with Crippen LogP contribution in [0.15, 0.2) is 69.7 Å². The van der Waals surface area contributed by atoms with Crippen LogP contribution in [0, 0.1) is 3.57 Å². The van der Waals surface area contributed by atoms with Crippen molar-refractivity contribution >= 4 is 52.1 Å². The summed E-state index contributed by atoms with van der Waals surface area (Å²) in [5.41, 5.74) is -0.0492. The molecule has 1 aromatic heterocycles. The SMILES string of the molecule is O=C1OC(c2cc(I)ccc2Cl)=N/C1=C\c1ccc(-c2cccc(C(F)(F)F)c2)o1. The first-order valence-electron chi connectivity index (χ1n) is 8.46. The molecular formula is C21H10ClF3INO3. The van der Waals surface area contributed by atoms with Crippen LogP contribution in [-0.4, -0.2) is 11.9 Å². The Hall–Kier alpha value is -2.59. The zero-order valence-corrected chi connectivity index (χ0v) is 17.7. The molecule has 0 atom stereocenters. The molecule has 4 nitrogen and oxygen atoms in total. The molecule has 30 heavy (non-hydrogen) atoms. The number of cyclic esters (lactones) is 1. The normalized spacial score (nSPS) is 15.4. The molecule has 1 aliphatic heterocycles. The van der Waals surface area contributed by atoms with Gasteiger partial charge in [-0.3, -0.25) is 0 Å².